The van der Waals surface area contributed by atoms with Crippen molar-refractivity contribution in [3.63, 3.8) is 0 Å². The molecule has 3 amide bonds. The average molecular weight is 1600 g/mol. The summed E-state index contributed by atoms with van der Waals surface area (Å²) in [6.07, 6.45) is 1.40. The summed E-state index contributed by atoms with van der Waals surface area (Å²) in [5.74, 6) is -0.218. The topological polar surface area (TPSA) is 237 Å². The Morgan fingerprint density at radius 1 is 0.429 bits per heavy atom. The zero-order valence-corrected chi connectivity index (χ0v) is 61.3. The van der Waals surface area contributed by atoms with Crippen LogP contribution in [0.4, 0.5) is 51.4 Å². The van der Waals surface area contributed by atoms with Crippen LogP contribution in [0.3, 0.4) is 0 Å². The minimum Gasteiger partial charge on any atom is -0.462 e. The van der Waals surface area contributed by atoms with E-state index in [4.69, 9.17) is 4.74 Å². The van der Waals surface area contributed by atoms with Crippen LogP contribution in [-0.2, 0) is 44.9 Å². The summed E-state index contributed by atoms with van der Waals surface area (Å²) in [4.78, 5) is 90.4. The van der Waals surface area contributed by atoms with Crippen molar-refractivity contribution in [2.75, 3.05) is 81.9 Å². The molecule has 23 nitrogen and oxygen atoms in total. The maximum Gasteiger partial charge on any atom is 0.433 e. The van der Waals surface area contributed by atoms with Crippen molar-refractivity contribution >= 4 is 51.5 Å². The van der Waals surface area contributed by atoms with Crippen LogP contribution in [0.25, 0.3) is 68.3 Å². The average Bonchev–Trinajstić information content (AvgIpc) is 1.74. The van der Waals surface area contributed by atoms with Gasteiger partial charge in [0.25, 0.3) is 0 Å². The molecule has 3 aliphatic heterocycles. The molecule has 12 aromatic rings. The van der Waals surface area contributed by atoms with Gasteiger partial charge in [-0.15, -0.1) is 15.3 Å². The van der Waals surface area contributed by atoms with E-state index in [1.54, 1.807) is 93.5 Å². The molecule has 5 aromatic heterocycles. The van der Waals surface area contributed by atoms with Crippen LogP contribution in [0, 0.1) is 34.9 Å². The zero-order chi connectivity index (χ0) is 78.6. The first-order valence-corrected chi connectivity index (χ1v) is 36.2. The summed E-state index contributed by atoms with van der Waals surface area (Å²) in [6.45, 7) is 6.21. The number of hydrogen-bond acceptors (Lipinski definition) is 17. The highest BCUT2D eigenvalue weighted by atomic mass is 79.9. The van der Waals surface area contributed by atoms with Crippen LogP contribution in [0.1, 0.15) is 47.3 Å². The number of likely N-dealkylation sites (tertiary alicyclic amines) is 1. The van der Waals surface area contributed by atoms with Crippen LogP contribution in [0.5, 0.6) is 0 Å². The Bertz CT molecular complexity index is 5250. The Labute approximate surface area is 643 Å². The minimum atomic E-state index is -4.58. The summed E-state index contributed by atoms with van der Waals surface area (Å²) >= 11 is 3.33. The summed E-state index contributed by atoms with van der Waals surface area (Å²) in [5.41, 5.74) is 4.10. The third-order valence-electron chi connectivity index (χ3n) is 18.6. The highest BCUT2D eigenvalue weighted by Gasteiger charge is 2.35. The molecule has 3 fully saturated rings. The molecule has 574 valence electrons. The van der Waals surface area contributed by atoms with E-state index in [1.807, 2.05) is 23.1 Å². The number of nitrogens with zero attached hydrogens (tertiary/aromatic N) is 18. The van der Waals surface area contributed by atoms with Gasteiger partial charge in [-0.3, -0.25) is 14.4 Å². The number of benzene rings is 7. The maximum atomic E-state index is 13.6. The van der Waals surface area contributed by atoms with E-state index in [0.717, 1.165) is 35.1 Å². The lowest BCUT2D eigenvalue weighted by Gasteiger charge is -2.34. The number of esters is 1. The monoisotopic (exact) mass is 1600 g/mol. The molecule has 0 unspecified atom stereocenters. The number of rotatable bonds is 17. The molecule has 0 radical (unpaired) electrons. The molecule has 3 saturated heterocycles. The van der Waals surface area contributed by atoms with Gasteiger partial charge in [0.15, 0.2) is 34.9 Å². The number of carbonyl (C=O) groups excluding carboxylic acids is 4. The summed E-state index contributed by atoms with van der Waals surface area (Å²) in [6, 6.07) is 42.7. The second-order valence-corrected chi connectivity index (χ2v) is 26.9. The van der Waals surface area contributed by atoms with Gasteiger partial charge in [-0.05, 0) is 211 Å². The van der Waals surface area contributed by atoms with Crippen LogP contribution in [0.2, 0.25) is 0 Å². The number of alkyl halides is 3. The Morgan fingerprint density at radius 3 is 1.13 bits per heavy atom. The van der Waals surface area contributed by atoms with Crippen molar-refractivity contribution in [3.8, 4) is 68.3 Å². The van der Waals surface area contributed by atoms with E-state index in [1.165, 1.54) is 111 Å². The molecule has 0 bridgehead atoms. The van der Waals surface area contributed by atoms with E-state index in [0.29, 0.717) is 120 Å². The van der Waals surface area contributed by atoms with Gasteiger partial charge >= 0.3 is 12.1 Å². The number of amides is 3. The normalized spacial score (nSPS) is 13.9. The largest absolute Gasteiger partial charge is 0.462 e. The van der Waals surface area contributed by atoms with Crippen LogP contribution in [-0.4, -0.2) is 175 Å². The van der Waals surface area contributed by atoms with Crippen molar-refractivity contribution in [1.29, 1.82) is 0 Å². The predicted molar refractivity (Wildman–Crippen MR) is 398 cm³/mol. The molecule has 0 aliphatic carbocycles. The van der Waals surface area contributed by atoms with Gasteiger partial charge < -0.3 is 29.2 Å². The van der Waals surface area contributed by atoms with Gasteiger partial charge in [0, 0.05) is 117 Å². The highest BCUT2D eigenvalue weighted by Crippen LogP contribution is 2.33. The van der Waals surface area contributed by atoms with Gasteiger partial charge in [-0.1, -0.05) is 12.1 Å². The lowest BCUT2D eigenvalue weighted by atomic mass is 9.88. The number of aromatic nitrogens is 13. The lowest BCUT2D eigenvalue weighted by Crippen LogP contribution is -2.50. The standard InChI is InChI=1S/C30H28F2N4O3.C25H20F5N7O.C24H20BrF2N7O/c1-2-39-30(38)24-5-3-4-23(18-24)20-14-16-35(17-15-20)27(37)19-36-29(22-8-12-26(32)13-9-22)33-28(34-36)21-6-10-25(31)11-7-21;26-18-5-1-16(2-6-18)22-33-23(17-3-7-19(27)8-4-17)37(34-22)15-21(38)35-11-13-36(14-12-35)24-31-10-9-20(32-24)25(28,29)30;25-18-13-28-24(29-14-18)33-11-9-32(10-12-33)21(35)15-34-23(17-3-7-20(27)8-4-17)30-22(31-34)16-1-5-19(26)6-2-16/h3-13,18,20H,2,14-17,19H2,1H3;1-10H,11-15H2;1-8,13-14H,9-12,15H2. The first kappa shape index (κ1) is 77.6. The molecule has 0 N–H and O–H groups in total. The molecule has 0 atom stereocenters. The number of piperazine rings is 2. The summed E-state index contributed by atoms with van der Waals surface area (Å²) in [7, 11) is 0. The number of ether oxygens (including phenoxy) is 1. The second-order valence-electron chi connectivity index (χ2n) is 26.0. The quantitative estimate of drug-likeness (QED) is 0.0608. The van der Waals surface area contributed by atoms with Crippen molar-refractivity contribution < 1.29 is 63.4 Å². The van der Waals surface area contributed by atoms with E-state index < -0.39 is 23.5 Å². The third-order valence-corrected chi connectivity index (χ3v) is 19.0. The molecule has 7 aromatic carbocycles. The lowest BCUT2D eigenvalue weighted by molar-refractivity contribution is -0.141. The molecule has 0 saturated carbocycles. The van der Waals surface area contributed by atoms with Gasteiger partial charge in [0.05, 0.1) is 16.6 Å². The van der Waals surface area contributed by atoms with Crippen molar-refractivity contribution in [3.05, 3.63) is 251 Å². The second kappa shape index (κ2) is 35.0. The molecule has 15 rings (SSSR count). The van der Waals surface area contributed by atoms with Crippen LogP contribution >= 0.6 is 15.9 Å². The summed E-state index contributed by atoms with van der Waals surface area (Å²) in [5, 5.41) is 13.5. The number of anilines is 2. The first-order valence-electron chi connectivity index (χ1n) is 35.4. The van der Waals surface area contributed by atoms with Gasteiger partial charge in [-0.25, -0.2) is 80.1 Å². The molecule has 0 spiro atoms. The molecule has 33 heteroatoms. The van der Waals surface area contributed by atoms with Crippen LogP contribution in [0.15, 0.2) is 199 Å². The Hall–Kier alpha value is -12.6. The minimum absolute atomic E-state index is 0.0321. The van der Waals surface area contributed by atoms with E-state index in [2.05, 4.69) is 66.1 Å². The fourth-order valence-corrected chi connectivity index (χ4v) is 12.9. The fraction of sp³-hybridized carbons (Fsp3) is 0.241. The number of hydrogen-bond donors (Lipinski definition) is 0. The number of piperidine rings is 1. The number of halogens is 10. The predicted octanol–water partition coefficient (Wildman–Crippen LogP) is 13.3. The van der Waals surface area contributed by atoms with Gasteiger partial charge in [0.1, 0.15) is 60.2 Å². The Kier molecular flexibility index (Phi) is 24.2. The summed E-state index contributed by atoms with van der Waals surface area (Å²) < 4.78 is 130. The van der Waals surface area contributed by atoms with Crippen molar-refractivity contribution in [2.45, 2.75) is 51.5 Å². The maximum absolute atomic E-state index is 13.6. The Morgan fingerprint density at radius 2 is 0.777 bits per heavy atom. The van der Waals surface area contributed by atoms with E-state index >= 15 is 0 Å². The molecule has 3 aliphatic rings. The first-order chi connectivity index (χ1) is 54.0. The smallest absolute Gasteiger partial charge is 0.433 e. The third kappa shape index (κ3) is 19.3. The Balaban J connectivity index is 0.000000147. The van der Waals surface area contributed by atoms with Crippen molar-refractivity contribution in [2.24, 2.45) is 0 Å². The molecular weight excluding hydrogens is 1530 g/mol. The van der Waals surface area contributed by atoms with E-state index in [-0.39, 0.29) is 110 Å². The highest BCUT2D eigenvalue weighted by molar-refractivity contribution is 9.10. The molecule has 8 heterocycles. The van der Waals surface area contributed by atoms with Crippen molar-refractivity contribution in [1.82, 2.24) is 78.9 Å². The number of carbonyl (C=O) groups is 4. The fourth-order valence-electron chi connectivity index (χ4n) is 12.7. The van der Waals surface area contributed by atoms with Gasteiger partial charge in [-0.2, -0.15) is 13.2 Å². The van der Waals surface area contributed by atoms with E-state index in [9.17, 15) is 58.7 Å². The molecular formula is C79H68BrF9N18O5. The zero-order valence-electron chi connectivity index (χ0n) is 59.7. The SMILES string of the molecule is CCOC(=O)c1cccc(C2CCN(C(=O)Cn3nc(-c4ccc(F)cc4)nc3-c3ccc(F)cc3)CC2)c1.O=C(Cn1nc(-c2ccc(F)cc2)nc1-c1ccc(F)cc1)N1CCN(c2ncc(Br)cn2)CC1.O=C(Cn1nc(-c2ccc(F)cc2)nc1-c1ccc(F)cc1)N1CCN(c2nccc(C(F)(F)F)n2)CC1. The van der Waals surface area contributed by atoms with Crippen LogP contribution < -0.4 is 9.80 Å². The molecule has 112 heavy (non-hydrogen) atoms. The van der Waals surface area contributed by atoms with Gasteiger partial charge in [0.2, 0.25) is 29.6 Å².